The molecule has 0 aliphatic carbocycles. The molecule has 1 heterocycles. The van der Waals surface area contributed by atoms with E-state index in [2.05, 4.69) is 5.32 Å². The van der Waals surface area contributed by atoms with Crippen molar-refractivity contribution in [3.8, 4) is 0 Å². The number of nitrogens with one attached hydrogen (secondary N) is 1. The van der Waals surface area contributed by atoms with Crippen LogP contribution in [0.5, 0.6) is 0 Å². The summed E-state index contributed by atoms with van der Waals surface area (Å²) in [7, 11) is 1.54. The van der Waals surface area contributed by atoms with Crippen molar-refractivity contribution in [2.45, 2.75) is 17.9 Å². The first-order valence-corrected chi connectivity index (χ1v) is 9.08. The van der Waals surface area contributed by atoms with Crippen LogP contribution in [0.1, 0.15) is 11.3 Å². The van der Waals surface area contributed by atoms with E-state index in [1.165, 1.54) is 15.6 Å². The van der Waals surface area contributed by atoms with Crippen molar-refractivity contribution in [1.82, 2.24) is 9.62 Å². The van der Waals surface area contributed by atoms with Crippen molar-refractivity contribution in [2.75, 3.05) is 47.6 Å². The number of methoxy groups -OCH3 is 2. The average Bonchev–Trinajstić information content (AvgIpc) is 2.92. The third-order valence-electron chi connectivity index (χ3n) is 2.92. The molecular formula is C13H24N2O4S2. The van der Waals surface area contributed by atoms with Crippen LogP contribution in [0, 0.1) is 0 Å². The van der Waals surface area contributed by atoms with Gasteiger partial charge < -0.3 is 14.8 Å². The zero-order valence-corrected chi connectivity index (χ0v) is 14.4. The Morgan fingerprint density at radius 3 is 2.57 bits per heavy atom. The van der Waals surface area contributed by atoms with Crippen LogP contribution in [0.25, 0.3) is 0 Å². The molecule has 0 amide bonds. The van der Waals surface area contributed by atoms with Gasteiger partial charge >= 0.3 is 0 Å². The van der Waals surface area contributed by atoms with Gasteiger partial charge in [0.1, 0.15) is 0 Å². The van der Waals surface area contributed by atoms with Gasteiger partial charge in [0.15, 0.2) is 0 Å². The summed E-state index contributed by atoms with van der Waals surface area (Å²) < 4.78 is 36.8. The average molecular weight is 336 g/mol. The molecule has 122 valence electrons. The fourth-order valence-electron chi connectivity index (χ4n) is 1.84. The molecule has 1 rings (SSSR count). The third-order valence-corrected chi connectivity index (χ3v) is 5.88. The van der Waals surface area contributed by atoms with Crippen molar-refractivity contribution < 1.29 is 17.9 Å². The summed E-state index contributed by atoms with van der Waals surface area (Å²) in [6.45, 7) is 2.35. The van der Waals surface area contributed by atoms with Gasteiger partial charge in [-0.25, -0.2) is 8.42 Å². The van der Waals surface area contributed by atoms with Crippen molar-refractivity contribution in [2.24, 2.45) is 0 Å². The first kappa shape index (κ1) is 18.5. The third kappa shape index (κ3) is 5.65. The molecule has 6 nitrogen and oxygen atoms in total. The number of rotatable bonds is 11. The van der Waals surface area contributed by atoms with E-state index in [1.807, 2.05) is 7.05 Å². The Bertz CT molecular complexity index is 502. The van der Waals surface area contributed by atoms with E-state index in [9.17, 15) is 8.42 Å². The summed E-state index contributed by atoms with van der Waals surface area (Å²) in [6.07, 6.45) is 0.660. The summed E-state index contributed by atoms with van der Waals surface area (Å²) in [6, 6.07) is 1.73. The van der Waals surface area contributed by atoms with E-state index in [-0.39, 0.29) is 0 Å². The second-order valence-corrected chi connectivity index (χ2v) is 7.46. The minimum atomic E-state index is -3.47. The summed E-state index contributed by atoms with van der Waals surface area (Å²) in [5.41, 5.74) is 0. The smallest absolute Gasteiger partial charge is 0.243 e. The Labute approximate surface area is 131 Å². The highest BCUT2D eigenvalue weighted by Gasteiger charge is 2.25. The van der Waals surface area contributed by atoms with Crippen molar-refractivity contribution >= 4 is 21.4 Å². The first-order chi connectivity index (χ1) is 10.1. The molecule has 1 aromatic heterocycles. The highest BCUT2D eigenvalue weighted by molar-refractivity contribution is 7.89. The predicted molar refractivity (Wildman–Crippen MR) is 84.2 cm³/mol. The van der Waals surface area contributed by atoms with Crippen molar-refractivity contribution in [3.63, 3.8) is 0 Å². The molecule has 0 fully saturated rings. The molecule has 1 N–H and O–H groups in total. The fraction of sp³-hybridized carbons (Fsp3) is 0.692. The van der Waals surface area contributed by atoms with Crippen LogP contribution in [0.2, 0.25) is 0 Å². The van der Waals surface area contributed by atoms with Crippen molar-refractivity contribution in [1.29, 1.82) is 0 Å². The topological polar surface area (TPSA) is 67.9 Å². The molecule has 1 aromatic rings. The molecule has 0 aromatic carbocycles. The van der Waals surface area contributed by atoms with E-state index in [0.29, 0.717) is 44.2 Å². The molecule has 0 spiro atoms. The van der Waals surface area contributed by atoms with Gasteiger partial charge in [-0.3, -0.25) is 0 Å². The second kappa shape index (κ2) is 9.50. The van der Waals surface area contributed by atoms with Gasteiger partial charge in [0, 0.05) is 50.7 Å². The molecule has 0 bridgehead atoms. The standard InChI is InChI=1S/C13H24N2O4S2/c1-14-10-12-9-13(11-20-12)21(16,17)15(6-8-19-3)5-4-7-18-2/h9,11,14H,4-8,10H2,1-3H3. The highest BCUT2D eigenvalue weighted by Crippen LogP contribution is 2.22. The summed E-state index contributed by atoms with van der Waals surface area (Å²) in [5.74, 6) is 0. The van der Waals surface area contributed by atoms with Crippen LogP contribution < -0.4 is 5.32 Å². The first-order valence-electron chi connectivity index (χ1n) is 6.76. The van der Waals surface area contributed by atoms with E-state index >= 15 is 0 Å². The number of hydrogen-bond donors (Lipinski definition) is 1. The quantitative estimate of drug-likeness (QED) is 0.614. The monoisotopic (exact) mass is 336 g/mol. The van der Waals surface area contributed by atoms with E-state index in [4.69, 9.17) is 9.47 Å². The Kier molecular flexibility index (Phi) is 8.38. The molecule has 0 radical (unpaired) electrons. The van der Waals surface area contributed by atoms with Gasteiger partial charge in [-0.1, -0.05) is 0 Å². The Hall–Kier alpha value is -0.510. The molecule has 0 aliphatic heterocycles. The largest absolute Gasteiger partial charge is 0.385 e. The lowest BCUT2D eigenvalue weighted by Crippen LogP contribution is -2.35. The lowest BCUT2D eigenvalue weighted by Gasteiger charge is -2.21. The molecule has 0 saturated carbocycles. The van der Waals surface area contributed by atoms with Gasteiger partial charge in [0.2, 0.25) is 10.0 Å². The predicted octanol–water partition coefficient (Wildman–Crippen LogP) is 1.14. The Morgan fingerprint density at radius 2 is 1.95 bits per heavy atom. The van der Waals surface area contributed by atoms with Gasteiger partial charge in [0.25, 0.3) is 0 Å². The normalized spacial score (nSPS) is 12.2. The highest BCUT2D eigenvalue weighted by atomic mass is 32.2. The second-order valence-electron chi connectivity index (χ2n) is 4.52. The van der Waals surface area contributed by atoms with Crippen LogP contribution >= 0.6 is 11.3 Å². The molecule has 0 unspecified atom stereocenters. The lowest BCUT2D eigenvalue weighted by atomic mass is 10.4. The molecular weight excluding hydrogens is 312 g/mol. The summed E-state index contributed by atoms with van der Waals surface area (Å²) in [5, 5.41) is 4.71. The van der Waals surface area contributed by atoms with Crippen LogP contribution in [-0.2, 0) is 26.0 Å². The fourth-order valence-corrected chi connectivity index (χ4v) is 4.58. The number of hydrogen-bond acceptors (Lipinski definition) is 6. The zero-order chi connectivity index (χ0) is 15.7. The van der Waals surface area contributed by atoms with Crippen molar-refractivity contribution in [3.05, 3.63) is 16.3 Å². The number of ether oxygens (including phenoxy) is 2. The summed E-state index contributed by atoms with van der Waals surface area (Å²) >= 11 is 1.45. The zero-order valence-electron chi connectivity index (χ0n) is 12.8. The van der Waals surface area contributed by atoms with E-state index in [1.54, 1.807) is 25.7 Å². The SMILES string of the molecule is CNCc1cc(S(=O)(=O)N(CCCOC)CCOC)cs1. The molecule has 0 saturated heterocycles. The Balaban J connectivity index is 2.84. The van der Waals surface area contributed by atoms with Gasteiger partial charge in [-0.05, 0) is 19.5 Å². The molecule has 0 aliphatic rings. The van der Waals surface area contributed by atoms with E-state index in [0.717, 1.165) is 4.88 Å². The number of sulfonamides is 1. The van der Waals surface area contributed by atoms with Crippen LogP contribution in [0.3, 0.4) is 0 Å². The van der Waals surface area contributed by atoms with Gasteiger partial charge in [-0.15, -0.1) is 11.3 Å². The Morgan fingerprint density at radius 1 is 1.24 bits per heavy atom. The minimum Gasteiger partial charge on any atom is -0.385 e. The summed E-state index contributed by atoms with van der Waals surface area (Å²) in [4.78, 5) is 1.35. The maximum atomic E-state index is 12.7. The molecule has 21 heavy (non-hydrogen) atoms. The molecule has 0 atom stereocenters. The number of thiophene rings is 1. The minimum absolute atomic E-state index is 0.347. The van der Waals surface area contributed by atoms with Crippen LogP contribution in [0.15, 0.2) is 16.3 Å². The van der Waals surface area contributed by atoms with E-state index < -0.39 is 10.0 Å². The lowest BCUT2D eigenvalue weighted by molar-refractivity contribution is 0.164. The number of nitrogens with zero attached hydrogens (tertiary/aromatic N) is 1. The molecule has 8 heteroatoms. The maximum Gasteiger partial charge on any atom is 0.243 e. The van der Waals surface area contributed by atoms with Gasteiger partial charge in [0.05, 0.1) is 11.5 Å². The van der Waals surface area contributed by atoms with Crippen LogP contribution in [-0.4, -0.2) is 60.3 Å². The maximum absolute atomic E-state index is 12.7. The van der Waals surface area contributed by atoms with Gasteiger partial charge in [-0.2, -0.15) is 4.31 Å². The van der Waals surface area contributed by atoms with Crippen LogP contribution in [0.4, 0.5) is 0 Å².